The molecule has 1 rings (SSSR count). The van der Waals surface area contributed by atoms with Crippen molar-refractivity contribution in [2.45, 2.75) is 33.1 Å². The Bertz CT molecular complexity index is 82.0. The normalized spacial score (nSPS) is 22.2. The van der Waals surface area contributed by atoms with Crippen LogP contribution >= 0.6 is 0 Å². The van der Waals surface area contributed by atoms with E-state index in [2.05, 4.69) is 13.8 Å². The minimum absolute atomic E-state index is 0.897. The Hall–Kier alpha value is -0.0400. The highest BCUT2D eigenvalue weighted by atomic mass is 16.5. The molecule has 1 atom stereocenters. The summed E-state index contributed by atoms with van der Waals surface area (Å²) < 4.78 is 5.10. The first-order valence-electron chi connectivity index (χ1n) is 4.40. The topological polar surface area (TPSA) is 9.23 Å². The van der Waals surface area contributed by atoms with Gasteiger partial charge >= 0.3 is 0 Å². The van der Waals surface area contributed by atoms with Crippen molar-refractivity contribution in [2.75, 3.05) is 13.2 Å². The molecular formula is C9H18O. The van der Waals surface area contributed by atoms with E-state index < -0.39 is 0 Å². The molecule has 0 aromatic heterocycles. The van der Waals surface area contributed by atoms with Crippen LogP contribution in [0.15, 0.2) is 0 Å². The van der Waals surface area contributed by atoms with Gasteiger partial charge in [-0.3, -0.25) is 0 Å². The summed E-state index contributed by atoms with van der Waals surface area (Å²) in [6.07, 6.45) is 4.10. The summed E-state index contributed by atoms with van der Waals surface area (Å²) >= 11 is 0. The summed E-state index contributed by atoms with van der Waals surface area (Å²) in [6.45, 7) is 6.65. The Kier molecular flexibility index (Phi) is 3.20. The third-order valence-corrected chi connectivity index (χ3v) is 2.47. The van der Waals surface area contributed by atoms with Gasteiger partial charge in [0.25, 0.3) is 0 Å². The molecule has 0 saturated carbocycles. The standard InChI is InChI=1S/C9H18O/c1-3-8(2)4-5-9-6-10-7-9/h8-9H,3-7H2,1-2H3. The highest BCUT2D eigenvalue weighted by molar-refractivity contribution is 4.66. The Balaban J connectivity index is 1.93. The SMILES string of the molecule is CCC(C)CCC1COC1. The summed E-state index contributed by atoms with van der Waals surface area (Å²) in [4.78, 5) is 0. The van der Waals surface area contributed by atoms with Crippen molar-refractivity contribution in [3.8, 4) is 0 Å². The Morgan fingerprint density at radius 2 is 2.20 bits per heavy atom. The van der Waals surface area contributed by atoms with Crippen molar-refractivity contribution >= 4 is 0 Å². The fraction of sp³-hybridized carbons (Fsp3) is 1.00. The molecule has 1 aliphatic heterocycles. The molecular weight excluding hydrogens is 124 g/mol. The van der Waals surface area contributed by atoms with Crippen LogP contribution in [0.2, 0.25) is 0 Å². The molecule has 1 saturated heterocycles. The zero-order chi connectivity index (χ0) is 7.40. The average Bonchev–Trinajstić information content (AvgIpc) is 1.84. The molecule has 1 heteroatoms. The van der Waals surface area contributed by atoms with Crippen molar-refractivity contribution in [1.29, 1.82) is 0 Å². The lowest BCUT2D eigenvalue weighted by molar-refractivity contribution is -0.0377. The third-order valence-electron chi connectivity index (χ3n) is 2.47. The second-order valence-corrected chi connectivity index (χ2v) is 3.49. The van der Waals surface area contributed by atoms with Gasteiger partial charge in [0.05, 0.1) is 13.2 Å². The van der Waals surface area contributed by atoms with Crippen molar-refractivity contribution in [3.63, 3.8) is 0 Å². The van der Waals surface area contributed by atoms with E-state index in [0.29, 0.717) is 0 Å². The summed E-state index contributed by atoms with van der Waals surface area (Å²) in [5, 5.41) is 0. The van der Waals surface area contributed by atoms with Crippen molar-refractivity contribution in [2.24, 2.45) is 11.8 Å². The maximum Gasteiger partial charge on any atom is 0.0516 e. The lowest BCUT2D eigenvalue weighted by Gasteiger charge is -2.26. The van der Waals surface area contributed by atoms with Gasteiger partial charge < -0.3 is 4.74 Å². The molecule has 10 heavy (non-hydrogen) atoms. The second-order valence-electron chi connectivity index (χ2n) is 3.49. The highest BCUT2D eigenvalue weighted by Crippen LogP contribution is 2.20. The van der Waals surface area contributed by atoms with E-state index in [1.165, 1.54) is 19.3 Å². The first-order valence-corrected chi connectivity index (χ1v) is 4.40. The molecule has 0 aromatic rings. The molecule has 1 aliphatic rings. The zero-order valence-electron chi connectivity index (χ0n) is 7.10. The summed E-state index contributed by atoms with van der Waals surface area (Å²) in [6, 6.07) is 0. The van der Waals surface area contributed by atoms with E-state index >= 15 is 0 Å². The molecule has 1 fully saturated rings. The van der Waals surface area contributed by atoms with E-state index in [9.17, 15) is 0 Å². The lowest BCUT2D eigenvalue weighted by Crippen LogP contribution is -2.27. The van der Waals surface area contributed by atoms with E-state index in [0.717, 1.165) is 25.0 Å². The molecule has 1 heterocycles. The van der Waals surface area contributed by atoms with Gasteiger partial charge in [-0.25, -0.2) is 0 Å². The lowest BCUT2D eigenvalue weighted by atomic mass is 9.94. The van der Waals surface area contributed by atoms with Crippen LogP contribution in [-0.2, 0) is 4.74 Å². The monoisotopic (exact) mass is 142 g/mol. The maximum absolute atomic E-state index is 5.10. The molecule has 0 radical (unpaired) electrons. The fourth-order valence-electron chi connectivity index (χ4n) is 1.18. The van der Waals surface area contributed by atoms with E-state index in [-0.39, 0.29) is 0 Å². The van der Waals surface area contributed by atoms with Gasteiger partial charge in [-0.05, 0) is 12.3 Å². The van der Waals surface area contributed by atoms with Crippen molar-refractivity contribution in [3.05, 3.63) is 0 Å². The van der Waals surface area contributed by atoms with Crippen LogP contribution in [0.5, 0.6) is 0 Å². The van der Waals surface area contributed by atoms with E-state index in [1.807, 2.05) is 0 Å². The van der Waals surface area contributed by atoms with Crippen molar-refractivity contribution in [1.82, 2.24) is 0 Å². The van der Waals surface area contributed by atoms with Crippen LogP contribution in [-0.4, -0.2) is 13.2 Å². The largest absolute Gasteiger partial charge is 0.381 e. The molecule has 0 aliphatic carbocycles. The van der Waals surface area contributed by atoms with Gasteiger partial charge in [-0.1, -0.05) is 26.7 Å². The molecule has 0 N–H and O–H groups in total. The quantitative estimate of drug-likeness (QED) is 0.586. The van der Waals surface area contributed by atoms with Crippen LogP contribution < -0.4 is 0 Å². The Morgan fingerprint density at radius 3 is 2.60 bits per heavy atom. The predicted molar refractivity (Wildman–Crippen MR) is 43.0 cm³/mol. The highest BCUT2D eigenvalue weighted by Gasteiger charge is 2.18. The van der Waals surface area contributed by atoms with Gasteiger partial charge in [0.15, 0.2) is 0 Å². The molecule has 0 bridgehead atoms. The van der Waals surface area contributed by atoms with E-state index in [1.54, 1.807) is 0 Å². The van der Waals surface area contributed by atoms with Crippen LogP contribution in [0.25, 0.3) is 0 Å². The first kappa shape index (κ1) is 8.06. The Labute approximate surface area is 63.8 Å². The molecule has 60 valence electrons. The first-order chi connectivity index (χ1) is 4.83. The molecule has 1 unspecified atom stereocenters. The third kappa shape index (κ3) is 2.30. The number of hydrogen-bond donors (Lipinski definition) is 0. The van der Waals surface area contributed by atoms with Gasteiger partial charge in [-0.2, -0.15) is 0 Å². The van der Waals surface area contributed by atoms with Crippen LogP contribution in [0.1, 0.15) is 33.1 Å². The fourth-order valence-corrected chi connectivity index (χ4v) is 1.18. The minimum atomic E-state index is 0.897. The number of ether oxygens (including phenoxy) is 1. The van der Waals surface area contributed by atoms with Gasteiger partial charge in [-0.15, -0.1) is 0 Å². The Morgan fingerprint density at radius 1 is 1.50 bits per heavy atom. The average molecular weight is 142 g/mol. The summed E-state index contributed by atoms with van der Waals surface area (Å²) in [5.74, 6) is 1.81. The summed E-state index contributed by atoms with van der Waals surface area (Å²) in [5.41, 5.74) is 0. The van der Waals surface area contributed by atoms with Crippen LogP contribution in [0.4, 0.5) is 0 Å². The van der Waals surface area contributed by atoms with Crippen LogP contribution in [0, 0.1) is 11.8 Å². The van der Waals surface area contributed by atoms with Crippen LogP contribution in [0.3, 0.4) is 0 Å². The number of rotatable bonds is 4. The maximum atomic E-state index is 5.10. The molecule has 0 aromatic carbocycles. The predicted octanol–water partition coefficient (Wildman–Crippen LogP) is 2.46. The smallest absolute Gasteiger partial charge is 0.0516 e. The summed E-state index contributed by atoms with van der Waals surface area (Å²) in [7, 11) is 0. The second kappa shape index (κ2) is 3.97. The van der Waals surface area contributed by atoms with Crippen molar-refractivity contribution < 1.29 is 4.74 Å². The van der Waals surface area contributed by atoms with Gasteiger partial charge in [0, 0.05) is 5.92 Å². The molecule has 0 amide bonds. The van der Waals surface area contributed by atoms with Gasteiger partial charge in [0.1, 0.15) is 0 Å². The van der Waals surface area contributed by atoms with Gasteiger partial charge in [0.2, 0.25) is 0 Å². The molecule has 1 nitrogen and oxygen atoms in total. The molecule has 0 spiro atoms. The van der Waals surface area contributed by atoms with E-state index in [4.69, 9.17) is 4.74 Å². The minimum Gasteiger partial charge on any atom is -0.381 e. The zero-order valence-corrected chi connectivity index (χ0v) is 7.10. The number of hydrogen-bond acceptors (Lipinski definition) is 1.